The lowest BCUT2D eigenvalue weighted by Crippen LogP contribution is -2.44. The lowest BCUT2D eigenvalue weighted by Gasteiger charge is -2.23. The molecule has 0 bridgehead atoms. The van der Waals surface area contributed by atoms with E-state index in [1.165, 1.54) is 19.1 Å². The van der Waals surface area contributed by atoms with Crippen molar-refractivity contribution in [3.63, 3.8) is 0 Å². The highest BCUT2D eigenvalue weighted by atomic mass is 16.7. The molecule has 0 atom stereocenters. The SMILES string of the molecule is COC(CNC(=O)C(=O)N(c1ccccc1)c1ccc(N)cc1)OC. The minimum absolute atomic E-state index is 0.0575. The molecule has 7 heteroatoms. The number of methoxy groups -OCH3 is 2. The fourth-order valence-electron chi connectivity index (χ4n) is 2.20. The Hall–Kier alpha value is -2.90. The van der Waals surface area contributed by atoms with Gasteiger partial charge in [0.25, 0.3) is 0 Å². The molecule has 2 rings (SSSR count). The van der Waals surface area contributed by atoms with Crippen LogP contribution in [0.1, 0.15) is 0 Å². The lowest BCUT2D eigenvalue weighted by atomic mass is 10.2. The molecule has 0 saturated carbocycles. The monoisotopic (exact) mass is 343 g/mol. The summed E-state index contributed by atoms with van der Waals surface area (Å²) in [6, 6.07) is 15.6. The molecule has 3 N–H and O–H groups in total. The highest BCUT2D eigenvalue weighted by Gasteiger charge is 2.25. The van der Waals surface area contributed by atoms with Crippen molar-refractivity contribution in [1.82, 2.24) is 5.32 Å². The fraction of sp³-hybridized carbons (Fsp3) is 0.222. The van der Waals surface area contributed by atoms with Crippen LogP contribution in [0.15, 0.2) is 54.6 Å². The normalized spacial score (nSPS) is 10.5. The van der Waals surface area contributed by atoms with E-state index < -0.39 is 18.1 Å². The molecule has 132 valence electrons. The van der Waals surface area contributed by atoms with Crippen LogP contribution in [-0.4, -0.2) is 38.9 Å². The fourth-order valence-corrected chi connectivity index (χ4v) is 2.20. The van der Waals surface area contributed by atoms with Crippen molar-refractivity contribution in [3.05, 3.63) is 54.6 Å². The van der Waals surface area contributed by atoms with E-state index in [-0.39, 0.29) is 6.54 Å². The molecule has 7 nitrogen and oxygen atoms in total. The third-order valence-corrected chi connectivity index (χ3v) is 3.52. The smallest absolute Gasteiger partial charge is 0.320 e. The van der Waals surface area contributed by atoms with Crippen molar-refractivity contribution in [3.8, 4) is 0 Å². The van der Waals surface area contributed by atoms with E-state index in [1.807, 2.05) is 6.07 Å². The van der Waals surface area contributed by atoms with Gasteiger partial charge in [0.1, 0.15) is 0 Å². The zero-order chi connectivity index (χ0) is 18.2. The van der Waals surface area contributed by atoms with Crippen LogP contribution in [0.3, 0.4) is 0 Å². The van der Waals surface area contributed by atoms with Crippen LogP contribution in [-0.2, 0) is 19.1 Å². The van der Waals surface area contributed by atoms with Crippen molar-refractivity contribution >= 4 is 28.9 Å². The van der Waals surface area contributed by atoms with E-state index in [1.54, 1.807) is 48.5 Å². The van der Waals surface area contributed by atoms with Crippen LogP contribution in [0.25, 0.3) is 0 Å². The molecule has 2 aromatic carbocycles. The standard InChI is InChI=1S/C18H21N3O4/c1-24-16(25-2)12-20-17(22)18(23)21(14-6-4-3-5-7-14)15-10-8-13(19)9-11-15/h3-11,16H,12,19H2,1-2H3,(H,20,22). The number of nitrogens with one attached hydrogen (secondary N) is 1. The van der Waals surface area contributed by atoms with Crippen molar-refractivity contribution < 1.29 is 19.1 Å². The predicted octanol–water partition coefficient (Wildman–Crippen LogP) is 1.67. The third kappa shape index (κ3) is 4.79. The zero-order valence-corrected chi connectivity index (χ0v) is 14.1. The minimum atomic E-state index is -0.764. The first-order valence-corrected chi connectivity index (χ1v) is 7.65. The first-order chi connectivity index (χ1) is 12.1. The van der Waals surface area contributed by atoms with E-state index in [0.29, 0.717) is 17.1 Å². The van der Waals surface area contributed by atoms with Gasteiger partial charge >= 0.3 is 11.8 Å². The Morgan fingerprint density at radius 1 is 1.00 bits per heavy atom. The van der Waals surface area contributed by atoms with Crippen LogP contribution in [0.2, 0.25) is 0 Å². The highest BCUT2D eigenvalue weighted by Crippen LogP contribution is 2.26. The van der Waals surface area contributed by atoms with Crippen LogP contribution in [0.5, 0.6) is 0 Å². The largest absolute Gasteiger partial charge is 0.399 e. The molecule has 0 aliphatic rings. The first kappa shape index (κ1) is 18.4. The minimum Gasteiger partial charge on any atom is -0.399 e. The number of nitrogens with two attached hydrogens (primary N) is 1. The summed E-state index contributed by atoms with van der Waals surface area (Å²) in [5, 5.41) is 2.51. The van der Waals surface area contributed by atoms with E-state index in [9.17, 15) is 9.59 Å². The van der Waals surface area contributed by atoms with Crippen molar-refractivity contribution in [2.45, 2.75) is 6.29 Å². The summed E-state index contributed by atoms with van der Waals surface area (Å²) >= 11 is 0. The molecule has 0 saturated heterocycles. The second kappa shape index (κ2) is 8.81. The number of carbonyl (C=O) groups excluding carboxylic acids is 2. The molecule has 0 aliphatic carbocycles. The Balaban J connectivity index is 2.24. The molecule has 0 fully saturated rings. The number of carbonyl (C=O) groups is 2. The number of hydrogen-bond acceptors (Lipinski definition) is 5. The third-order valence-electron chi connectivity index (χ3n) is 3.52. The van der Waals surface area contributed by atoms with Crippen LogP contribution in [0, 0.1) is 0 Å². The Labute approximate surface area is 146 Å². The van der Waals surface area contributed by atoms with Gasteiger partial charge in [0.15, 0.2) is 6.29 Å². The number of rotatable bonds is 6. The molecular formula is C18H21N3O4. The van der Waals surface area contributed by atoms with Gasteiger partial charge in [0.05, 0.1) is 6.54 Å². The van der Waals surface area contributed by atoms with Crippen molar-refractivity contribution in [2.24, 2.45) is 0 Å². The van der Waals surface area contributed by atoms with Crippen LogP contribution >= 0.6 is 0 Å². The highest BCUT2D eigenvalue weighted by molar-refractivity contribution is 6.42. The topological polar surface area (TPSA) is 93.9 Å². The molecular weight excluding hydrogens is 322 g/mol. The second-order valence-electron chi connectivity index (χ2n) is 5.18. The van der Waals surface area contributed by atoms with Gasteiger partial charge in [0, 0.05) is 31.3 Å². The Kier molecular flexibility index (Phi) is 6.50. The van der Waals surface area contributed by atoms with E-state index in [4.69, 9.17) is 15.2 Å². The summed E-state index contributed by atoms with van der Waals surface area (Å²) in [6.07, 6.45) is -0.626. The summed E-state index contributed by atoms with van der Waals surface area (Å²) in [4.78, 5) is 26.3. The maximum absolute atomic E-state index is 12.7. The number of anilines is 3. The Morgan fingerprint density at radius 3 is 2.12 bits per heavy atom. The average molecular weight is 343 g/mol. The first-order valence-electron chi connectivity index (χ1n) is 7.65. The molecule has 2 amide bonds. The van der Waals surface area contributed by atoms with E-state index >= 15 is 0 Å². The lowest BCUT2D eigenvalue weighted by molar-refractivity contribution is -0.140. The molecule has 0 unspecified atom stereocenters. The van der Waals surface area contributed by atoms with Gasteiger partial charge < -0.3 is 20.5 Å². The summed E-state index contributed by atoms with van der Waals surface area (Å²) in [6.45, 7) is 0.0575. The average Bonchev–Trinajstić information content (AvgIpc) is 2.65. The number of nitrogens with zero attached hydrogens (tertiary/aromatic N) is 1. The Bertz CT molecular complexity index is 700. The van der Waals surface area contributed by atoms with Gasteiger partial charge in [-0.2, -0.15) is 0 Å². The van der Waals surface area contributed by atoms with Crippen molar-refractivity contribution in [1.29, 1.82) is 0 Å². The summed E-state index contributed by atoms with van der Waals surface area (Å²) in [5.74, 6) is -1.48. The molecule has 25 heavy (non-hydrogen) atoms. The van der Waals surface area contributed by atoms with Gasteiger partial charge in [-0.25, -0.2) is 0 Å². The summed E-state index contributed by atoms with van der Waals surface area (Å²) in [7, 11) is 2.90. The number of ether oxygens (including phenoxy) is 2. The molecule has 0 aromatic heterocycles. The molecule has 0 heterocycles. The van der Waals surface area contributed by atoms with Crippen LogP contribution in [0.4, 0.5) is 17.1 Å². The molecule has 0 aliphatic heterocycles. The van der Waals surface area contributed by atoms with Gasteiger partial charge in [0.2, 0.25) is 0 Å². The van der Waals surface area contributed by atoms with Crippen molar-refractivity contribution in [2.75, 3.05) is 31.4 Å². The van der Waals surface area contributed by atoms with Gasteiger partial charge in [-0.3, -0.25) is 14.5 Å². The molecule has 2 aromatic rings. The number of hydrogen-bond donors (Lipinski definition) is 2. The van der Waals surface area contributed by atoms with Gasteiger partial charge in [-0.05, 0) is 36.4 Å². The molecule has 0 radical (unpaired) electrons. The Morgan fingerprint density at radius 2 is 1.56 bits per heavy atom. The predicted molar refractivity (Wildman–Crippen MR) is 95.3 cm³/mol. The molecule has 0 spiro atoms. The second-order valence-corrected chi connectivity index (χ2v) is 5.18. The maximum Gasteiger partial charge on any atom is 0.320 e. The van der Waals surface area contributed by atoms with E-state index in [0.717, 1.165) is 0 Å². The number of nitrogen functional groups attached to an aromatic ring is 1. The van der Waals surface area contributed by atoms with E-state index in [2.05, 4.69) is 5.32 Å². The van der Waals surface area contributed by atoms with Crippen LogP contribution < -0.4 is 16.0 Å². The van der Waals surface area contributed by atoms with Gasteiger partial charge in [-0.15, -0.1) is 0 Å². The number of benzene rings is 2. The maximum atomic E-state index is 12.7. The summed E-state index contributed by atoms with van der Waals surface area (Å²) in [5.41, 5.74) is 7.38. The number of para-hydroxylation sites is 1. The number of amides is 2. The quantitative estimate of drug-likeness (QED) is 0.473. The zero-order valence-electron chi connectivity index (χ0n) is 14.1. The van der Waals surface area contributed by atoms with Gasteiger partial charge in [-0.1, -0.05) is 18.2 Å². The summed E-state index contributed by atoms with van der Waals surface area (Å²) < 4.78 is 9.99.